The van der Waals surface area contributed by atoms with Gasteiger partial charge in [-0.2, -0.15) is 0 Å². The highest BCUT2D eigenvalue weighted by Crippen LogP contribution is 1.82. The van der Waals surface area contributed by atoms with Crippen LogP contribution in [0.15, 0.2) is 0 Å². The second-order valence-electron chi connectivity index (χ2n) is 4.86. The minimum Gasteiger partial charge on any atom is -0.304 e. The Kier molecular flexibility index (Phi) is 57.9. The van der Waals surface area contributed by atoms with Crippen LogP contribution >= 0.6 is 37.2 Å². The van der Waals surface area contributed by atoms with Gasteiger partial charge >= 0.3 is 0 Å². The highest BCUT2D eigenvalue weighted by molar-refractivity contribution is 5.86. The van der Waals surface area contributed by atoms with Crippen molar-refractivity contribution in [2.24, 2.45) is 0 Å². The number of nitrogens with zero attached hydrogens (tertiary/aromatic N) is 3. The van der Waals surface area contributed by atoms with Crippen LogP contribution in [0.25, 0.3) is 0 Å². The first-order chi connectivity index (χ1) is 10.0. The summed E-state index contributed by atoms with van der Waals surface area (Å²) in [5.74, 6) is 0. The zero-order valence-corrected chi connectivity index (χ0v) is 20.4. The molecule has 0 aliphatic heterocycles. The van der Waals surface area contributed by atoms with Crippen molar-refractivity contribution in [3.05, 3.63) is 0 Å². The molecular weight excluding hydrogens is 365 g/mol. The molecule has 0 aromatic rings. The molecule has 0 amide bonds. The molecule has 0 aromatic heterocycles. The van der Waals surface area contributed by atoms with Crippen LogP contribution in [0.5, 0.6) is 0 Å². The van der Waals surface area contributed by atoms with Gasteiger partial charge in [-0.3, -0.25) is 0 Å². The average Bonchev–Trinajstić information content (AvgIpc) is 2.54. The molecule has 0 saturated heterocycles. The molecular formula is C18H48Cl3N3. The van der Waals surface area contributed by atoms with Gasteiger partial charge in [-0.25, -0.2) is 0 Å². The van der Waals surface area contributed by atoms with E-state index in [9.17, 15) is 0 Å². The average molecular weight is 413 g/mol. The van der Waals surface area contributed by atoms with E-state index in [2.05, 4.69) is 77.0 Å². The summed E-state index contributed by atoms with van der Waals surface area (Å²) in [6.45, 7) is 30.4. The van der Waals surface area contributed by atoms with E-state index in [0.29, 0.717) is 0 Å². The summed E-state index contributed by atoms with van der Waals surface area (Å²) in [5.41, 5.74) is 0. The largest absolute Gasteiger partial charge is 0.304 e. The predicted octanol–water partition coefficient (Wildman–Crippen LogP) is 5.31. The van der Waals surface area contributed by atoms with Crippen LogP contribution in [0.1, 0.15) is 62.3 Å². The van der Waals surface area contributed by atoms with E-state index in [4.69, 9.17) is 0 Å². The molecule has 0 N–H and O–H groups in total. The Hall–Kier alpha value is 0.750. The Morgan fingerprint density at radius 1 is 0.292 bits per heavy atom. The Morgan fingerprint density at radius 3 is 0.375 bits per heavy atom. The van der Waals surface area contributed by atoms with Crippen molar-refractivity contribution in [1.29, 1.82) is 0 Å². The van der Waals surface area contributed by atoms with Crippen molar-refractivity contribution >= 4 is 37.2 Å². The summed E-state index contributed by atoms with van der Waals surface area (Å²) in [5, 5.41) is 0. The number of hydrogen-bond acceptors (Lipinski definition) is 3. The second-order valence-corrected chi connectivity index (χ2v) is 4.86. The molecule has 24 heavy (non-hydrogen) atoms. The van der Waals surface area contributed by atoms with Gasteiger partial charge in [-0.1, -0.05) is 62.3 Å². The topological polar surface area (TPSA) is 9.72 Å². The van der Waals surface area contributed by atoms with Gasteiger partial charge in [0.15, 0.2) is 0 Å². The lowest BCUT2D eigenvalue weighted by Gasteiger charge is -2.13. The molecule has 0 rings (SSSR count). The third kappa shape index (κ3) is 30.6. The molecule has 0 heterocycles. The van der Waals surface area contributed by atoms with Crippen LogP contribution in [0, 0.1) is 0 Å². The van der Waals surface area contributed by atoms with E-state index in [1.807, 2.05) is 0 Å². The van der Waals surface area contributed by atoms with Gasteiger partial charge in [-0.15, -0.1) is 37.2 Å². The third-order valence-electron chi connectivity index (χ3n) is 4.02. The first-order valence-corrected chi connectivity index (χ1v) is 9.21. The SMILES string of the molecule is CCN(CC)CC.CCN(CC)CC.CCN(CC)CC.Cl.Cl.Cl. The van der Waals surface area contributed by atoms with Crippen LogP contribution in [0.3, 0.4) is 0 Å². The van der Waals surface area contributed by atoms with Gasteiger partial charge in [-0.05, 0) is 58.9 Å². The van der Waals surface area contributed by atoms with Crippen molar-refractivity contribution in [1.82, 2.24) is 14.7 Å². The number of halogens is 3. The van der Waals surface area contributed by atoms with Crippen molar-refractivity contribution in [2.45, 2.75) is 62.3 Å². The second kappa shape index (κ2) is 35.0. The van der Waals surface area contributed by atoms with Crippen molar-refractivity contribution in [3.63, 3.8) is 0 Å². The van der Waals surface area contributed by atoms with Crippen molar-refractivity contribution in [3.8, 4) is 0 Å². The summed E-state index contributed by atoms with van der Waals surface area (Å²) in [6.07, 6.45) is 0. The highest BCUT2D eigenvalue weighted by Gasteiger charge is 1.90. The monoisotopic (exact) mass is 411 g/mol. The van der Waals surface area contributed by atoms with Crippen molar-refractivity contribution < 1.29 is 0 Å². The first-order valence-electron chi connectivity index (χ1n) is 9.21. The molecule has 3 nitrogen and oxygen atoms in total. The Bertz CT molecular complexity index is 119. The maximum atomic E-state index is 2.38. The van der Waals surface area contributed by atoms with Gasteiger partial charge in [0.1, 0.15) is 0 Å². The maximum absolute atomic E-state index is 2.38. The van der Waals surface area contributed by atoms with E-state index in [1.165, 1.54) is 58.9 Å². The van der Waals surface area contributed by atoms with Gasteiger partial charge in [0.2, 0.25) is 0 Å². The standard InChI is InChI=1S/3C6H15N.3ClH/c3*1-4-7(5-2)6-3;;;/h3*4-6H2,1-3H3;3*1H. The van der Waals surface area contributed by atoms with Crippen LogP contribution in [-0.4, -0.2) is 73.6 Å². The lowest BCUT2D eigenvalue weighted by Crippen LogP contribution is -2.21. The molecule has 0 aliphatic rings. The molecule has 0 aliphatic carbocycles. The number of rotatable bonds is 9. The Labute approximate surface area is 173 Å². The van der Waals surface area contributed by atoms with Gasteiger partial charge in [0, 0.05) is 0 Å². The Morgan fingerprint density at radius 2 is 0.375 bits per heavy atom. The third-order valence-corrected chi connectivity index (χ3v) is 4.02. The van der Waals surface area contributed by atoms with Gasteiger partial charge in [0.05, 0.1) is 0 Å². The fourth-order valence-corrected chi connectivity index (χ4v) is 2.01. The van der Waals surface area contributed by atoms with E-state index < -0.39 is 0 Å². The first kappa shape index (κ1) is 39.7. The lowest BCUT2D eigenvalue weighted by atomic mass is 10.5. The quantitative estimate of drug-likeness (QED) is 0.508. The normalized spacial score (nSPS) is 9.00. The summed E-state index contributed by atoms with van der Waals surface area (Å²) < 4.78 is 0. The van der Waals surface area contributed by atoms with Crippen LogP contribution in [0.2, 0.25) is 0 Å². The Balaban J connectivity index is -0.0000000476. The molecule has 0 atom stereocenters. The zero-order chi connectivity index (χ0) is 17.1. The van der Waals surface area contributed by atoms with E-state index in [1.54, 1.807) is 0 Å². The van der Waals surface area contributed by atoms with E-state index in [-0.39, 0.29) is 37.2 Å². The smallest absolute Gasteiger partial charge is 0.00474 e. The predicted molar refractivity (Wildman–Crippen MR) is 122 cm³/mol. The molecule has 0 aromatic carbocycles. The molecule has 0 saturated carbocycles. The summed E-state index contributed by atoms with van der Waals surface area (Å²) in [6, 6.07) is 0. The zero-order valence-electron chi connectivity index (χ0n) is 17.9. The molecule has 156 valence electrons. The summed E-state index contributed by atoms with van der Waals surface area (Å²) >= 11 is 0. The minimum absolute atomic E-state index is 0. The molecule has 6 heteroatoms. The fourth-order valence-electron chi connectivity index (χ4n) is 2.01. The van der Waals surface area contributed by atoms with Crippen molar-refractivity contribution in [2.75, 3.05) is 58.9 Å². The van der Waals surface area contributed by atoms with E-state index in [0.717, 1.165) is 0 Å². The summed E-state index contributed by atoms with van der Waals surface area (Å²) in [4.78, 5) is 7.12. The van der Waals surface area contributed by atoms with Crippen LogP contribution in [0.4, 0.5) is 0 Å². The maximum Gasteiger partial charge on any atom is -0.00474 e. The number of hydrogen-bond donors (Lipinski definition) is 0. The molecule has 0 radical (unpaired) electrons. The minimum atomic E-state index is 0. The van der Waals surface area contributed by atoms with E-state index >= 15 is 0 Å². The lowest BCUT2D eigenvalue weighted by molar-refractivity contribution is 0.321. The molecule has 0 unspecified atom stereocenters. The molecule has 0 fully saturated rings. The van der Waals surface area contributed by atoms with Gasteiger partial charge < -0.3 is 14.7 Å². The molecule has 0 bridgehead atoms. The fraction of sp³-hybridized carbons (Fsp3) is 1.00. The van der Waals surface area contributed by atoms with Crippen LogP contribution < -0.4 is 0 Å². The molecule has 0 spiro atoms. The van der Waals surface area contributed by atoms with Crippen LogP contribution in [-0.2, 0) is 0 Å². The van der Waals surface area contributed by atoms with Gasteiger partial charge in [0.25, 0.3) is 0 Å². The summed E-state index contributed by atoms with van der Waals surface area (Å²) in [7, 11) is 0. The highest BCUT2D eigenvalue weighted by atomic mass is 35.5.